The number of tetrazole rings is 1. The van der Waals surface area contributed by atoms with Crippen molar-refractivity contribution in [3.63, 3.8) is 0 Å². The lowest BCUT2D eigenvalue weighted by Crippen LogP contribution is -1.92. The molecular formula is C9H10N4O. The van der Waals surface area contributed by atoms with Crippen LogP contribution in [0.15, 0.2) is 24.3 Å². The van der Waals surface area contributed by atoms with Gasteiger partial charge in [0.2, 0.25) is 0 Å². The van der Waals surface area contributed by atoms with Gasteiger partial charge in [0.05, 0.1) is 7.05 Å². The Morgan fingerprint density at radius 1 is 1.21 bits per heavy atom. The van der Waals surface area contributed by atoms with Crippen LogP contribution in [0.25, 0.3) is 0 Å². The van der Waals surface area contributed by atoms with Crippen LogP contribution in [-0.4, -0.2) is 20.2 Å². The normalized spacial score (nSPS) is 10.1. The van der Waals surface area contributed by atoms with Gasteiger partial charge in [0.1, 0.15) is 5.75 Å². The Morgan fingerprint density at radius 3 is 2.50 bits per heavy atom. The van der Waals surface area contributed by atoms with Gasteiger partial charge in [-0.15, -0.1) is 0 Å². The third kappa shape index (κ3) is 1.87. The van der Waals surface area contributed by atoms with Crippen molar-refractivity contribution >= 4 is 0 Å². The second-order valence-corrected chi connectivity index (χ2v) is 2.98. The fourth-order valence-electron chi connectivity index (χ4n) is 1.02. The van der Waals surface area contributed by atoms with Crippen LogP contribution in [0, 0.1) is 6.92 Å². The van der Waals surface area contributed by atoms with Crippen LogP contribution >= 0.6 is 0 Å². The van der Waals surface area contributed by atoms with Crippen molar-refractivity contribution in [1.29, 1.82) is 0 Å². The first kappa shape index (κ1) is 8.68. The van der Waals surface area contributed by atoms with Gasteiger partial charge in [0.15, 0.2) is 0 Å². The van der Waals surface area contributed by atoms with E-state index in [1.807, 2.05) is 31.2 Å². The Balaban J connectivity index is 2.15. The molecule has 0 aliphatic carbocycles. The molecule has 5 nitrogen and oxygen atoms in total. The molecule has 0 spiro atoms. The van der Waals surface area contributed by atoms with Gasteiger partial charge < -0.3 is 4.74 Å². The predicted octanol–water partition coefficient (Wildman–Crippen LogP) is 1.31. The lowest BCUT2D eigenvalue weighted by molar-refractivity contribution is 0.439. The van der Waals surface area contributed by atoms with E-state index in [1.165, 1.54) is 10.4 Å². The highest BCUT2D eigenvalue weighted by Gasteiger charge is 2.01. The SMILES string of the molecule is Cc1ccc(Oc2nnn(C)n2)cc1. The molecule has 5 heteroatoms. The lowest BCUT2D eigenvalue weighted by atomic mass is 10.2. The van der Waals surface area contributed by atoms with E-state index in [1.54, 1.807) is 7.05 Å². The van der Waals surface area contributed by atoms with Crippen molar-refractivity contribution in [2.45, 2.75) is 6.92 Å². The van der Waals surface area contributed by atoms with E-state index < -0.39 is 0 Å². The molecule has 0 amide bonds. The third-order valence-electron chi connectivity index (χ3n) is 1.72. The molecule has 2 aromatic rings. The molecule has 0 N–H and O–H groups in total. The molecule has 0 radical (unpaired) electrons. The first-order valence-electron chi connectivity index (χ1n) is 4.22. The smallest absolute Gasteiger partial charge is 0.361 e. The van der Waals surface area contributed by atoms with E-state index in [4.69, 9.17) is 4.74 Å². The highest BCUT2D eigenvalue weighted by molar-refractivity contribution is 5.27. The molecule has 1 heterocycles. The zero-order valence-corrected chi connectivity index (χ0v) is 8.01. The highest BCUT2D eigenvalue weighted by Crippen LogP contribution is 2.16. The van der Waals surface area contributed by atoms with Crippen molar-refractivity contribution in [3.8, 4) is 11.8 Å². The molecule has 72 valence electrons. The molecule has 0 aliphatic rings. The molecule has 1 aromatic carbocycles. The van der Waals surface area contributed by atoms with E-state index in [2.05, 4.69) is 15.4 Å². The van der Waals surface area contributed by atoms with Gasteiger partial charge in [-0.25, -0.2) is 0 Å². The number of aromatic nitrogens is 4. The maximum absolute atomic E-state index is 5.35. The summed E-state index contributed by atoms with van der Waals surface area (Å²) in [5.74, 6) is 0.712. The number of ether oxygens (including phenoxy) is 1. The van der Waals surface area contributed by atoms with Crippen LogP contribution in [0.3, 0.4) is 0 Å². The fourth-order valence-corrected chi connectivity index (χ4v) is 1.02. The minimum Gasteiger partial charge on any atom is -0.422 e. The van der Waals surface area contributed by atoms with E-state index in [0.717, 1.165) is 0 Å². The molecule has 2 rings (SSSR count). The zero-order chi connectivity index (χ0) is 9.97. The molecular weight excluding hydrogens is 180 g/mol. The van der Waals surface area contributed by atoms with Gasteiger partial charge in [-0.2, -0.15) is 4.80 Å². The van der Waals surface area contributed by atoms with Gasteiger partial charge in [0, 0.05) is 0 Å². The van der Waals surface area contributed by atoms with E-state index in [-0.39, 0.29) is 6.01 Å². The van der Waals surface area contributed by atoms with Crippen molar-refractivity contribution in [2.24, 2.45) is 7.05 Å². The Hall–Kier alpha value is -1.91. The Morgan fingerprint density at radius 2 is 1.93 bits per heavy atom. The molecule has 0 saturated carbocycles. The number of hydrogen-bond donors (Lipinski definition) is 0. The monoisotopic (exact) mass is 190 g/mol. The molecule has 1 aromatic heterocycles. The van der Waals surface area contributed by atoms with Crippen LogP contribution in [0.5, 0.6) is 11.8 Å². The van der Waals surface area contributed by atoms with Crippen LogP contribution < -0.4 is 4.74 Å². The fraction of sp³-hybridized carbons (Fsp3) is 0.222. The Kier molecular flexibility index (Phi) is 2.14. The van der Waals surface area contributed by atoms with E-state index >= 15 is 0 Å². The van der Waals surface area contributed by atoms with Crippen LogP contribution in [-0.2, 0) is 7.05 Å². The summed E-state index contributed by atoms with van der Waals surface area (Å²) >= 11 is 0. The molecule has 14 heavy (non-hydrogen) atoms. The standard InChI is InChI=1S/C9H10N4O/c1-7-3-5-8(6-4-7)14-9-10-12-13(2)11-9/h3-6H,1-2H3. The van der Waals surface area contributed by atoms with Crippen molar-refractivity contribution < 1.29 is 4.74 Å². The molecule has 0 atom stereocenters. The lowest BCUT2D eigenvalue weighted by Gasteiger charge is -1.99. The molecule has 0 bridgehead atoms. The maximum Gasteiger partial charge on any atom is 0.361 e. The van der Waals surface area contributed by atoms with E-state index in [0.29, 0.717) is 5.75 Å². The highest BCUT2D eigenvalue weighted by atomic mass is 16.5. The number of rotatable bonds is 2. The van der Waals surface area contributed by atoms with Crippen LogP contribution in [0.4, 0.5) is 0 Å². The van der Waals surface area contributed by atoms with Crippen LogP contribution in [0.2, 0.25) is 0 Å². The summed E-state index contributed by atoms with van der Waals surface area (Å²) in [5.41, 5.74) is 1.18. The number of aryl methyl sites for hydroxylation is 2. The molecule has 0 unspecified atom stereocenters. The minimum atomic E-state index is 0.261. The summed E-state index contributed by atoms with van der Waals surface area (Å²) in [6.07, 6.45) is 0. The van der Waals surface area contributed by atoms with Gasteiger partial charge in [0.25, 0.3) is 0 Å². The first-order valence-corrected chi connectivity index (χ1v) is 4.22. The summed E-state index contributed by atoms with van der Waals surface area (Å²) in [7, 11) is 1.69. The Labute approximate surface area is 81.3 Å². The molecule has 0 fully saturated rings. The van der Waals surface area contributed by atoms with Gasteiger partial charge in [-0.1, -0.05) is 27.9 Å². The average Bonchev–Trinajstić information content (AvgIpc) is 2.56. The molecule has 0 saturated heterocycles. The number of hydrogen-bond acceptors (Lipinski definition) is 4. The Bertz CT molecular complexity index is 421. The summed E-state index contributed by atoms with van der Waals surface area (Å²) < 4.78 is 5.35. The van der Waals surface area contributed by atoms with Crippen LogP contribution in [0.1, 0.15) is 5.56 Å². The predicted molar refractivity (Wildman–Crippen MR) is 50.1 cm³/mol. The molecule has 0 aliphatic heterocycles. The van der Waals surface area contributed by atoms with Gasteiger partial charge in [-0.3, -0.25) is 0 Å². The second kappa shape index (κ2) is 3.45. The van der Waals surface area contributed by atoms with Crippen molar-refractivity contribution in [3.05, 3.63) is 29.8 Å². The van der Waals surface area contributed by atoms with Crippen molar-refractivity contribution in [1.82, 2.24) is 20.2 Å². The number of nitrogens with zero attached hydrogens (tertiary/aromatic N) is 4. The topological polar surface area (TPSA) is 52.8 Å². The largest absolute Gasteiger partial charge is 0.422 e. The van der Waals surface area contributed by atoms with E-state index in [9.17, 15) is 0 Å². The quantitative estimate of drug-likeness (QED) is 0.716. The second-order valence-electron chi connectivity index (χ2n) is 2.98. The third-order valence-corrected chi connectivity index (χ3v) is 1.72. The summed E-state index contributed by atoms with van der Waals surface area (Å²) in [5, 5.41) is 11.3. The maximum atomic E-state index is 5.35. The number of benzene rings is 1. The summed E-state index contributed by atoms with van der Waals surface area (Å²) in [6.45, 7) is 2.02. The first-order chi connectivity index (χ1) is 6.74. The van der Waals surface area contributed by atoms with Crippen molar-refractivity contribution in [2.75, 3.05) is 0 Å². The minimum absolute atomic E-state index is 0.261. The summed E-state index contributed by atoms with van der Waals surface area (Å²) in [6, 6.07) is 7.92. The zero-order valence-electron chi connectivity index (χ0n) is 8.01. The van der Waals surface area contributed by atoms with Gasteiger partial charge in [-0.05, 0) is 24.3 Å². The average molecular weight is 190 g/mol. The van der Waals surface area contributed by atoms with Gasteiger partial charge >= 0.3 is 6.01 Å². The summed E-state index contributed by atoms with van der Waals surface area (Å²) in [4.78, 5) is 1.35.